The first-order valence-corrected chi connectivity index (χ1v) is 7.57. The van der Waals surface area contributed by atoms with E-state index < -0.39 is 34.9 Å². The van der Waals surface area contributed by atoms with Gasteiger partial charge in [-0.25, -0.2) is 9.78 Å². The monoisotopic (exact) mass is 367 g/mol. The summed E-state index contributed by atoms with van der Waals surface area (Å²) in [7, 11) is 0. The number of carbonyl (C=O) groups excluding carboxylic acids is 2. The maximum atomic E-state index is 12.9. The number of aliphatic hydroxyl groups is 1. The highest BCUT2D eigenvalue weighted by Crippen LogP contribution is 2.23. The molecule has 1 aromatic rings. The van der Waals surface area contributed by atoms with E-state index in [0.29, 0.717) is 11.3 Å². The number of halogens is 2. The molecule has 2 atom stereocenters. The summed E-state index contributed by atoms with van der Waals surface area (Å²) >= 11 is 0.688. The maximum absolute atomic E-state index is 12.9. The van der Waals surface area contributed by atoms with Gasteiger partial charge in [0.15, 0.2) is 10.3 Å². The average Bonchev–Trinajstić information content (AvgIpc) is 2.93. The Balaban J connectivity index is 0.00000264. The lowest BCUT2D eigenvalue weighted by molar-refractivity contribution is -0.120. The number of carbonyl (C=O) groups is 2. The summed E-state index contributed by atoms with van der Waals surface area (Å²) in [4.78, 5) is 29.2. The zero-order valence-electron chi connectivity index (χ0n) is 12.9. The lowest BCUT2D eigenvalue weighted by Crippen LogP contribution is -2.45. The number of nitrogens with one attached hydrogen (secondary N) is 1. The Hall–Kier alpha value is -1.45. The Morgan fingerprint density at radius 2 is 2.17 bits per heavy atom. The van der Waals surface area contributed by atoms with Gasteiger partial charge in [-0.2, -0.15) is 4.39 Å². The van der Waals surface area contributed by atoms with Crippen LogP contribution >= 0.6 is 23.7 Å². The van der Waals surface area contributed by atoms with Crippen molar-refractivity contribution in [3.05, 3.63) is 11.3 Å². The van der Waals surface area contributed by atoms with Crippen LogP contribution in [0.15, 0.2) is 6.20 Å². The van der Waals surface area contributed by atoms with Crippen molar-refractivity contribution < 1.29 is 23.8 Å². The number of aromatic nitrogens is 1. The second-order valence-electron chi connectivity index (χ2n) is 6.00. The number of amides is 2. The predicted octanol–water partition coefficient (Wildman–Crippen LogP) is 2.01. The maximum Gasteiger partial charge on any atom is 0.411 e. The molecule has 2 rings (SSSR count). The topological polar surface area (TPSA) is 91.8 Å². The third kappa shape index (κ3) is 5.29. The van der Waals surface area contributed by atoms with Crippen LogP contribution in [0.25, 0.3) is 0 Å². The Morgan fingerprint density at radius 3 is 2.70 bits per heavy atom. The molecule has 1 aliphatic heterocycles. The zero-order valence-corrected chi connectivity index (χ0v) is 14.5. The first-order valence-electron chi connectivity index (χ1n) is 6.75. The van der Waals surface area contributed by atoms with Gasteiger partial charge in [-0.05, 0) is 20.8 Å². The summed E-state index contributed by atoms with van der Waals surface area (Å²) in [6, 6.07) is -0.878. The first-order chi connectivity index (χ1) is 10.2. The van der Waals surface area contributed by atoms with Gasteiger partial charge < -0.3 is 15.2 Å². The Labute approximate surface area is 143 Å². The number of β-amino-alcohol motifs (C(OH)–C–C–N with tert-alkyl or cyclic N) is 1. The second-order valence-corrected chi connectivity index (χ2v) is 6.98. The van der Waals surface area contributed by atoms with Gasteiger partial charge in [0.2, 0.25) is 5.91 Å². The van der Waals surface area contributed by atoms with Crippen molar-refractivity contribution in [3.8, 4) is 0 Å². The van der Waals surface area contributed by atoms with E-state index in [1.54, 1.807) is 20.8 Å². The molecule has 0 bridgehead atoms. The molecule has 0 aromatic carbocycles. The van der Waals surface area contributed by atoms with E-state index in [-0.39, 0.29) is 30.5 Å². The number of ether oxygens (including phenoxy) is 1. The summed E-state index contributed by atoms with van der Waals surface area (Å²) in [6.45, 7) is 5.15. The molecule has 1 fully saturated rings. The van der Waals surface area contributed by atoms with Crippen LogP contribution in [0.5, 0.6) is 0 Å². The quantitative estimate of drug-likeness (QED) is 0.834. The number of thiazole rings is 1. The summed E-state index contributed by atoms with van der Waals surface area (Å²) in [5.41, 5.74) is -0.704. The van der Waals surface area contributed by atoms with Gasteiger partial charge in [0.05, 0.1) is 18.8 Å². The van der Waals surface area contributed by atoms with Crippen LogP contribution in [-0.4, -0.2) is 51.3 Å². The molecule has 23 heavy (non-hydrogen) atoms. The average molecular weight is 368 g/mol. The van der Waals surface area contributed by atoms with E-state index in [2.05, 4.69) is 10.3 Å². The van der Waals surface area contributed by atoms with Crippen molar-refractivity contribution in [1.82, 2.24) is 9.88 Å². The van der Waals surface area contributed by atoms with Crippen LogP contribution in [0.1, 0.15) is 27.2 Å². The second kappa shape index (κ2) is 7.41. The third-order valence-corrected chi connectivity index (χ3v) is 3.62. The van der Waals surface area contributed by atoms with Crippen LogP contribution in [0.4, 0.5) is 14.3 Å². The van der Waals surface area contributed by atoms with E-state index in [9.17, 15) is 19.1 Å². The van der Waals surface area contributed by atoms with Crippen molar-refractivity contribution in [1.29, 1.82) is 0 Å². The first kappa shape index (κ1) is 19.6. The molecule has 1 saturated heterocycles. The van der Waals surface area contributed by atoms with E-state index in [1.807, 2.05) is 0 Å². The third-order valence-electron chi connectivity index (χ3n) is 2.92. The molecule has 2 heterocycles. The minimum atomic E-state index is -0.878. The fourth-order valence-electron chi connectivity index (χ4n) is 2.09. The number of nitrogens with zero attached hydrogens (tertiary/aromatic N) is 2. The summed E-state index contributed by atoms with van der Waals surface area (Å²) < 4.78 is 18.1. The lowest BCUT2D eigenvalue weighted by Gasteiger charge is -2.27. The molecule has 2 amide bonds. The van der Waals surface area contributed by atoms with Crippen LogP contribution < -0.4 is 5.32 Å². The van der Waals surface area contributed by atoms with Gasteiger partial charge in [-0.1, -0.05) is 11.3 Å². The van der Waals surface area contributed by atoms with Crippen molar-refractivity contribution in [2.24, 2.45) is 0 Å². The molecule has 0 unspecified atom stereocenters. The van der Waals surface area contributed by atoms with Crippen LogP contribution in [0, 0.1) is 5.13 Å². The molecule has 1 aromatic heterocycles. The van der Waals surface area contributed by atoms with E-state index in [1.165, 1.54) is 4.90 Å². The molecule has 1 aliphatic rings. The number of hydrogen-bond donors (Lipinski definition) is 2. The van der Waals surface area contributed by atoms with Crippen LogP contribution in [0.2, 0.25) is 0 Å². The lowest BCUT2D eigenvalue weighted by atomic mass is 10.2. The van der Waals surface area contributed by atoms with Gasteiger partial charge in [-0.15, -0.1) is 12.4 Å². The normalized spacial score (nSPS) is 20.8. The highest BCUT2D eigenvalue weighted by molar-refractivity contribution is 7.14. The number of likely N-dealkylation sites (tertiary alicyclic amines) is 1. The summed E-state index contributed by atoms with van der Waals surface area (Å²) in [5.74, 6) is -0.531. The highest BCUT2D eigenvalue weighted by Gasteiger charge is 2.41. The molecule has 130 valence electrons. The SMILES string of the molecule is CC(C)(C)OC(=O)N1C[C@@H](O)C[C@H]1C(=O)Nc1ncc(F)s1.Cl. The fourth-order valence-corrected chi connectivity index (χ4v) is 2.63. The Kier molecular flexibility index (Phi) is 6.32. The van der Waals surface area contributed by atoms with Gasteiger partial charge in [-0.3, -0.25) is 9.69 Å². The van der Waals surface area contributed by atoms with Crippen LogP contribution in [0.3, 0.4) is 0 Å². The van der Waals surface area contributed by atoms with Crippen molar-refractivity contribution in [2.75, 3.05) is 11.9 Å². The molecule has 0 radical (unpaired) electrons. The van der Waals surface area contributed by atoms with E-state index in [0.717, 1.165) is 6.20 Å². The summed E-state index contributed by atoms with van der Waals surface area (Å²) in [6.07, 6.45) is -0.389. The minimum Gasteiger partial charge on any atom is -0.444 e. The van der Waals surface area contributed by atoms with Gasteiger partial charge in [0.25, 0.3) is 0 Å². The molecular formula is C13H19ClFN3O4S. The molecule has 0 aliphatic carbocycles. The number of hydrogen-bond acceptors (Lipinski definition) is 6. The molecule has 7 nitrogen and oxygen atoms in total. The highest BCUT2D eigenvalue weighted by atomic mass is 35.5. The van der Waals surface area contributed by atoms with Crippen molar-refractivity contribution >= 4 is 40.9 Å². The molecule has 0 saturated carbocycles. The number of aliphatic hydroxyl groups excluding tert-OH is 1. The number of rotatable bonds is 2. The number of anilines is 1. The Morgan fingerprint density at radius 1 is 1.52 bits per heavy atom. The molecule has 10 heteroatoms. The molecule has 0 spiro atoms. The van der Waals surface area contributed by atoms with E-state index in [4.69, 9.17) is 4.74 Å². The largest absolute Gasteiger partial charge is 0.444 e. The minimum absolute atomic E-state index is 0. The van der Waals surface area contributed by atoms with Gasteiger partial charge in [0, 0.05) is 6.42 Å². The smallest absolute Gasteiger partial charge is 0.411 e. The standard InChI is InChI=1S/C13H18FN3O4S.ClH/c1-13(2,3)21-12(20)17-6-7(18)4-8(17)10(19)16-11-15-5-9(14)22-11;/h5,7-8,18H,4,6H2,1-3H3,(H,15,16,19);1H/t7-,8-;/m0./s1. The van der Waals surface area contributed by atoms with E-state index >= 15 is 0 Å². The summed E-state index contributed by atoms with van der Waals surface area (Å²) in [5, 5.41) is 11.8. The zero-order chi connectivity index (χ0) is 16.5. The van der Waals surface area contributed by atoms with Crippen LogP contribution in [-0.2, 0) is 9.53 Å². The molecule has 2 N–H and O–H groups in total. The Bertz CT molecular complexity index is 578. The van der Waals surface area contributed by atoms with Crippen molar-refractivity contribution in [2.45, 2.75) is 44.9 Å². The van der Waals surface area contributed by atoms with Gasteiger partial charge in [0.1, 0.15) is 11.6 Å². The van der Waals surface area contributed by atoms with Crippen molar-refractivity contribution in [3.63, 3.8) is 0 Å². The fraction of sp³-hybridized carbons (Fsp3) is 0.615. The van der Waals surface area contributed by atoms with Gasteiger partial charge >= 0.3 is 6.09 Å². The predicted molar refractivity (Wildman–Crippen MR) is 85.3 cm³/mol. The molecular weight excluding hydrogens is 349 g/mol.